The molecule has 1 atom stereocenters. The van der Waals surface area contributed by atoms with Crippen LogP contribution in [0.25, 0.3) is 0 Å². The van der Waals surface area contributed by atoms with Crippen LogP contribution in [-0.4, -0.2) is 29.0 Å². The van der Waals surface area contributed by atoms with Gasteiger partial charge in [-0.2, -0.15) is 0 Å². The second-order valence-electron chi connectivity index (χ2n) is 3.72. The van der Waals surface area contributed by atoms with Crippen LogP contribution in [0.5, 0.6) is 0 Å². The molecule has 0 radical (unpaired) electrons. The molecule has 0 bridgehead atoms. The lowest BCUT2D eigenvalue weighted by atomic mass is 10.0. The molecule has 1 fully saturated rings. The van der Waals surface area contributed by atoms with Crippen LogP contribution < -0.4 is 5.32 Å². The summed E-state index contributed by atoms with van der Waals surface area (Å²) in [4.78, 5) is 0. The molecule has 0 spiro atoms. The van der Waals surface area contributed by atoms with E-state index in [0.29, 0.717) is 5.15 Å². The van der Waals surface area contributed by atoms with Crippen molar-refractivity contribution >= 4 is 23.4 Å². The Labute approximate surface area is 99.0 Å². The van der Waals surface area contributed by atoms with Gasteiger partial charge in [0, 0.05) is 5.75 Å². The van der Waals surface area contributed by atoms with Gasteiger partial charge in [0.1, 0.15) is 5.03 Å². The smallest absolute Gasteiger partial charge is 0.151 e. The van der Waals surface area contributed by atoms with Gasteiger partial charge in [0.2, 0.25) is 0 Å². The zero-order chi connectivity index (χ0) is 10.5. The van der Waals surface area contributed by atoms with E-state index in [2.05, 4.69) is 15.5 Å². The van der Waals surface area contributed by atoms with Crippen LogP contribution in [0.3, 0.4) is 0 Å². The Morgan fingerprint density at radius 3 is 3.07 bits per heavy atom. The number of thioether (sulfide) groups is 1. The summed E-state index contributed by atoms with van der Waals surface area (Å²) in [5.74, 6) is 1.88. The van der Waals surface area contributed by atoms with Crippen molar-refractivity contribution in [2.75, 3.05) is 18.8 Å². The third kappa shape index (κ3) is 3.63. The third-order valence-corrected chi connectivity index (χ3v) is 3.83. The second kappa shape index (κ2) is 5.68. The van der Waals surface area contributed by atoms with Gasteiger partial charge in [0.25, 0.3) is 0 Å². The molecule has 0 aromatic carbocycles. The van der Waals surface area contributed by atoms with Crippen molar-refractivity contribution in [3.05, 3.63) is 17.3 Å². The molecule has 2 rings (SSSR count). The van der Waals surface area contributed by atoms with Crippen LogP contribution in [0.15, 0.2) is 17.2 Å². The van der Waals surface area contributed by atoms with Crippen LogP contribution in [0.4, 0.5) is 0 Å². The molecule has 1 N–H and O–H groups in total. The predicted molar refractivity (Wildman–Crippen MR) is 63.4 cm³/mol. The number of aromatic nitrogens is 2. The van der Waals surface area contributed by atoms with E-state index in [1.54, 1.807) is 17.8 Å². The molecule has 0 amide bonds. The molecule has 0 aliphatic carbocycles. The molecule has 0 unspecified atom stereocenters. The first-order valence-corrected chi connectivity index (χ1v) is 6.54. The van der Waals surface area contributed by atoms with Crippen molar-refractivity contribution in [3.8, 4) is 0 Å². The maximum Gasteiger partial charge on any atom is 0.151 e. The number of nitrogens with one attached hydrogen (secondary N) is 1. The Hall–Kier alpha value is -0.320. The highest BCUT2D eigenvalue weighted by Crippen LogP contribution is 2.22. The molecule has 2 heterocycles. The van der Waals surface area contributed by atoms with Crippen LogP contribution in [0, 0.1) is 5.92 Å². The second-order valence-corrected chi connectivity index (χ2v) is 5.15. The lowest BCUT2D eigenvalue weighted by Gasteiger charge is -2.21. The van der Waals surface area contributed by atoms with E-state index in [1.165, 1.54) is 19.4 Å². The van der Waals surface area contributed by atoms with Gasteiger partial charge < -0.3 is 5.32 Å². The molecular weight excluding hydrogens is 230 g/mol. The summed E-state index contributed by atoms with van der Waals surface area (Å²) in [5, 5.41) is 12.7. The highest BCUT2D eigenvalue weighted by atomic mass is 35.5. The Morgan fingerprint density at radius 2 is 2.40 bits per heavy atom. The maximum atomic E-state index is 5.67. The third-order valence-electron chi connectivity index (χ3n) is 2.47. The topological polar surface area (TPSA) is 37.8 Å². The number of halogens is 1. The van der Waals surface area contributed by atoms with Crippen LogP contribution in [0.1, 0.15) is 12.8 Å². The van der Waals surface area contributed by atoms with Gasteiger partial charge in [-0.05, 0) is 44.0 Å². The standard InChI is InChI=1S/C10H14ClN3S/c11-9-3-4-10(14-13-9)15-7-8-2-1-5-12-6-8/h3-4,8,12H,1-2,5-7H2/t8-/m0/s1. The van der Waals surface area contributed by atoms with E-state index in [1.807, 2.05) is 6.07 Å². The SMILES string of the molecule is Clc1ccc(SC[C@H]2CCCNC2)nn1. The molecule has 15 heavy (non-hydrogen) atoms. The van der Waals surface area contributed by atoms with Crippen LogP contribution in [-0.2, 0) is 0 Å². The molecule has 1 aliphatic heterocycles. The highest BCUT2D eigenvalue weighted by molar-refractivity contribution is 7.99. The number of nitrogens with zero attached hydrogens (tertiary/aromatic N) is 2. The van der Waals surface area contributed by atoms with Crippen molar-refractivity contribution in [2.45, 2.75) is 17.9 Å². The summed E-state index contributed by atoms with van der Waals surface area (Å²) >= 11 is 7.43. The molecule has 82 valence electrons. The molecule has 0 saturated carbocycles. The first-order chi connectivity index (χ1) is 7.34. The fourth-order valence-electron chi connectivity index (χ4n) is 1.65. The van der Waals surface area contributed by atoms with Gasteiger partial charge in [-0.3, -0.25) is 0 Å². The molecule has 5 heteroatoms. The predicted octanol–water partition coefficient (Wildman–Crippen LogP) is 2.22. The molecular formula is C10H14ClN3S. The Balaban J connectivity index is 1.79. The number of hydrogen-bond donors (Lipinski definition) is 1. The van der Waals surface area contributed by atoms with Crippen molar-refractivity contribution in [1.82, 2.24) is 15.5 Å². The summed E-state index contributed by atoms with van der Waals surface area (Å²) in [6.07, 6.45) is 2.61. The van der Waals surface area contributed by atoms with Gasteiger partial charge in [0.05, 0.1) is 0 Å². The van der Waals surface area contributed by atoms with Gasteiger partial charge in [0.15, 0.2) is 5.15 Å². The first kappa shape index (κ1) is 11.2. The normalized spacial score (nSPS) is 21.5. The summed E-state index contributed by atoms with van der Waals surface area (Å²) < 4.78 is 0. The monoisotopic (exact) mass is 243 g/mol. The van der Waals surface area contributed by atoms with Crippen LogP contribution >= 0.6 is 23.4 Å². The maximum absolute atomic E-state index is 5.67. The quantitative estimate of drug-likeness (QED) is 0.827. The Bertz CT molecular complexity index is 298. The Morgan fingerprint density at radius 1 is 1.47 bits per heavy atom. The first-order valence-electron chi connectivity index (χ1n) is 5.17. The van der Waals surface area contributed by atoms with E-state index in [4.69, 9.17) is 11.6 Å². The van der Waals surface area contributed by atoms with Gasteiger partial charge in [-0.25, -0.2) is 0 Å². The van der Waals surface area contributed by atoms with Crippen molar-refractivity contribution in [3.63, 3.8) is 0 Å². The molecule has 3 nitrogen and oxygen atoms in total. The summed E-state index contributed by atoms with van der Waals surface area (Å²) in [5.41, 5.74) is 0. The van der Waals surface area contributed by atoms with Crippen LogP contribution in [0.2, 0.25) is 5.15 Å². The van der Waals surface area contributed by atoms with E-state index in [-0.39, 0.29) is 0 Å². The van der Waals surface area contributed by atoms with Gasteiger partial charge in [-0.1, -0.05) is 11.6 Å². The zero-order valence-electron chi connectivity index (χ0n) is 8.45. The summed E-state index contributed by atoms with van der Waals surface area (Å²) in [6, 6.07) is 3.71. The van der Waals surface area contributed by atoms with E-state index in [0.717, 1.165) is 23.2 Å². The fourth-order valence-corrected chi connectivity index (χ4v) is 2.70. The minimum absolute atomic E-state index is 0.457. The van der Waals surface area contributed by atoms with Crippen molar-refractivity contribution in [2.24, 2.45) is 5.92 Å². The minimum Gasteiger partial charge on any atom is -0.316 e. The largest absolute Gasteiger partial charge is 0.316 e. The lowest BCUT2D eigenvalue weighted by molar-refractivity contribution is 0.410. The number of piperidine rings is 1. The average Bonchev–Trinajstić information content (AvgIpc) is 2.30. The van der Waals surface area contributed by atoms with Gasteiger partial charge in [-0.15, -0.1) is 22.0 Å². The molecule has 1 aromatic rings. The molecule has 1 saturated heterocycles. The summed E-state index contributed by atoms with van der Waals surface area (Å²) in [6.45, 7) is 2.30. The summed E-state index contributed by atoms with van der Waals surface area (Å²) in [7, 11) is 0. The molecule has 1 aliphatic rings. The average molecular weight is 244 g/mol. The van der Waals surface area contributed by atoms with E-state index >= 15 is 0 Å². The highest BCUT2D eigenvalue weighted by Gasteiger charge is 2.13. The number of rotatable bonds is 3. The van der Waals surface area contributed by atoms with E-state index < -0.39 is 0 Å². The fraction of sp³-hybridized carbons (Fsp3) is 0.600. The van der Waals surface area contributed by atoms with Crippen molar-refractivity contribution < 1.29 is 0 Å². The van der Waals surface area contributed by atoms with Gasteiger partial charge >= 0.3 is 0 Å². The van der Waals surface area contributed by atoms with Crippen molar-refractivity contribution in [1.29, 1.82) is 0 Å². The minimum atomic E-state index is 0.457. The number of hydrogen-bond acceptors (Lipinski definition) is 4. The van der Waals surface area contributed by atoms with E-state index in [9.17, 15) is 0 Å². The lowest BCUT2D eigenvalue weighted by Crippen LogP contribution is -2.30. The Kier molecular flexibility index (Phi) is 4.23. The molecule has 1 aromatic heterocycles. The zero-order valence-corrected chi connectivity index (χ0v) is 10.0.